The third-order valence-electron chi connectivity index (χ3n) is 5.97. The molecule has 1 saturated heterocycles. The second kappa shape index (κ2) is 7.68. The molecule has 1 fully saturated rings. The summed E-state index contributed by atoms with van der Waals surface area (Å²) in [7, 11) is 1.65. The van der Waals surface area contributed by atoms with Crippen molar-refractivity contribution >= 4 is 23.1 Å². The molecule has 2 aliphatic heterocycles. The summed E-state index contributed by atoms with van der Waals surface area (Å²) >= 11 is 1.71. The van der Waals surface area contributed by atoms with E-state index in [1.54, 1.807) is 24.8 Å². The van der Waals surface area contributed by atoms with Crippen molar-refractivity contribution in [1.82, 2.24) is 19.4 Å². The highest BCUT2D eigenvalue weighted by Gasteiger charge is 2.42. The van der Waals surface area contributed by atoms with E-state index in [2.05, 4.69) is 33.2 Å². The van der Waals surface area contributed by atoms with Gasteiger partial charge in [0.05, 0.1) is 17.3 Å². The quantitative estimate of drug-likeness (QED) is 0.731. The van der Waals surface area contributed by atoms with E-state index in [1.807, 2.05) is 27.2 Å². The molecule has 3 aliphatic rings. The molecule has 0 spiro atoms. The minimum Gasteiger partial charge on any atom is -0.378 e. The molecular formula is C21H23N5O2S. The number of piperidine rings is 1. The second-order valence-electron chi connectivity index (χ2n) is 7.61. The third-order valence-corrected chi connectivity index (χ3v) is 6.85. The summed E-state index contributed by atoms with van der Waals surface area (Å²) in [6.07, 6.45) is 14.1. The van der Waals surface area contributed by atoms with E-state index >= 15 is 0 Å². The Morgan fingerprint density at radius 2 is 2.28 bits per heavy atom. The van der Waals surface area contributed by atoms with E-state index in [9.17, 15) is 4.79 Å². The van der Waals surface area contributed by atoms with Gasteiger partial charge in [-0.3, -0.25) is 14.4 Å². The SMILES string of the molecule is COCc1cn(C2=NCC(=O)N3CCC4C(CC=CC4c4nccs4)C3=C2)cn1. The van der Waals surface area contributed by atoms with Crippen LogP contribution in [0.5, 0.6) is 0 Å². The molecule has 1 amide bonds. The molecule has 0 N–H and O–H groups in total. The number of carbonyl (C=O) groups excluding carboxylic acids is 1. The predicted octanol–water partition coefficient (Wildman–Crippen LogP) is 2.84. The van der Waals surface area contributed by atoms with Gasteiger partial charge in [-0.05, 0) is 18.8 Å². The predicted molar refractivity (Wildman–Crippen MR) is 111 cm³/mol. The van der Waals surface area contributed by atoms with Gasteiger partial charge in [0.15, 0.2) is 0 Å². The molecule has 0 bridgehead atoms. The van der Waals surface area contributed by atoms with Crippen LogP contribution in [0.1, 0.15) is 29.5 Å². The molecule has 7 nitrogen and oxygen atoms in total. The topological polar surface area (TPSA) is 72.6 Å². The number of nitrogens with zero attached hydrogens (tertiary/aromatic N) is 5. The van der Waals surface area contributed by atoms with Crippen LogP contribution in [0.2, 0.25) is 0 Å². The number of aliphatic imine (C=N–C) groups is 1. The summed E-state index contributed by atoms with van der Waals surface area (Å²) in [5.41, 5.74) is 1.92. The van der Waals surface area contributed by atoms with Gasteiger partial charge >= 0.3 is 0 Å². The zero-order valence-electron chi connectivity index (χ0n) is 16.3. The minimum absolute atomic E-state index is 0.0716. The number of hydrogen-bond donors (Lipinski definition) is 0. The average molecular weight is 410 g/mol. The molecule has 1 aliphatic carbocycles. The van der Waals surface area contributed by atoms with Crippen molar-refractivity contribution in [2.24, 2.45) is 16.8 Å². The number of aromatic nitrogens is 3. The molecule has 150 valence electrons. The number of hydrogen-bond acceptors (Lipinski definition) is 6. The first-order valence-corrected chi connectivity index (χ1v) is 10.8. The molecule has 0 aromatic carbocycles. The van der Waals surface area contributed by atoms with Crippen molar-refractivity contribution < 1.29 is 9.53 Å². The molecule has 3 unspecified atom stereocenters. The normalized spacial score (nSPS) is 26.4. The fourth-order valence-electron chi connectivity index (χ4n) is 4.67. The van der Waals surface area contributed by atoms with Crippen molar-refractivity contribution in [3.05, 3.63) is 58.7 Å². The number of thiazole rings is 1. The summed E-state index contributed by atoms with van der Waals surface area (Å²) in [6.45, 7) is 1.35. The molecule has 0 saturated carbocycles. The van der Waals surface area contributed by atoms with Gasteiger partial charge in [-0.15, -0.1) is 11.3 Å². The maximum Gasteiger partial charge on any atom is 0.248 e. The lowest BCUT2D eigenvalue weighted by Gasteiger charge is -2.44. The van der Waals surface area contributed by atoms with Gasteiger partial charge in [-0.25, -0.2) is 9.97 Å². The molecule has 4 heterocycles. The largest absolute Gasteiger partial charge is 0.378 e. The number of methoxy groups -OCH3 is 1. The first kappa shape index (κ1) is 18.4. The zero-order valence-corrected chi connectivity index (χ0v) is 17.1. The molecule has 29 heavy (non-hydrogen) atoms. The number of imidazole rings is 1. The number of rotatable bonds is 3. The Hall–Kier alpha value is -2.58. The standard InChI is InChI=1S/C21H23N5O2S/c1-28-12-14-11-25(13-24-14)19-9-18-16-3-2-4-17(21-22-6-8-29-21)15(16)5-7-26(18)20(27)10-23-19/h2,4,6,8-9,11,13,15-17H,3,5,7,10,12H2,1H3. The second-order valence-corrected chi connectivity index (χ2v) is 8.54. The van der Waals surface area contributed by atoms with Crippen LogP contribution in [-0.4, -0.2) is 51.4 Å². The number of carbonyl (C=O) groups is 1. The van der Waals surface area contributed by atoms with Crippen LogP contribution in [0.15, 0.2) is 53.0 Å². The van der Waals surface area contributed by atoms with Gasteiger partial charge in [0.1, 0.15) is 18.7 Å². The third kappa shape index (κ3) is 3.36. The zero-order chi connectivity index (χ0) is 19.8. The smallest absolute Gasteiger partial charge is 0.248 e. The Labute approximate surface area is 173 Å². The maximum atomic E-state index is 12.8. The lowest BCUT2D eigenvalue weighted by molar-refractivity contribution is -0.129. The van der Waals surface area contributed by atoms with E-state index < -0.39 is 0 Å². The van der Waals surface area contributed by atoms with E-state index in [1.165, 1.54) is 0 Å². The molecular weight excluding hydrogens is 386 g/mol. The van der Waals surface area contributed by atoms with Crippen LogP contribution in [0.4, 0.5) is 0 Å². The highest BCUT2D eigenvalue weighted by molar-refractivity contribution is 7.09. The lowest BCUT2D eigenvalue weighted by Crippen LogP contribution is -2.44. The fraction of sp³-hybridized carbons (Fsp3) is 0.429. The monoisotopic (exact) mass is 409 g/mol. The Bertz CT molecular complexity index is 991. The number of fused-ring (bicyclic) bond motifs is 3. The fourth-order valence-corrected chi connectivity index (χ4v) is 5.46. The Kier molecular flexibility index (Phi) is 4.89. The highest BCUT2D eigenvalue weighted by atomic mass is 32.1. The molecule has 3 atom stereocenters. The lowest BCUT2D eigenvalue weighted by atomic mass is 9.70. The molecule has 2 aromatic rings. The van der Waals surface area contributed by atoms with Crippen LogP contribution in [0, 0.1) is 11.8 Å². The van der Waals surface area contributed by atoms with E-state index in [0.29, 0.717) is 18.4 Å². The van der Waals surface area contributed by atoms with Crippen molar-refractivity contribution in [2.45, 2.75) is 25.4 Å². The van der Waals surface area contributed by atoms with Gasteiger partial charge in [0.25, 0.3) is 0 Å². The van der Waals surface area contributed by atoms with Gasteiger partial charge in [-0.2, -0.15) is 0 Å². The molecule has 0 radical (unpaired) electrons. The first-order valence-electron chi connectivity index (χ1n) is 9.89. The highest BCUT2D eigenvalue weighted by Crippen LogP contribution is 2.47. The van der Waals surface area contributed by atoms with Crippen molar-refractivity contribution in [3.63, 3.8) is 0 Å². The van der Waals surface area contributed by atoms with Crippen LogP contribution in [-0.2, 0) is 16.1 Å². The van der Waals surface area contributed by atoms with Gasteiger partial charge in [0.2, 0.25) is 5.91 Å². The number of amides is 1. The van der Waals surface area contributed by atoms with Crippen LogP contribution in [0.25, 0.3) is 0 Å². The van der Waals surface area contributed by atoms with Gasteiger partial charge < -0.3 is 9.64 Å². The van der Waals surface area contributed by atoms with E-state index in [-0.39, 0.29) is 18.4 Å². The molecule has 8 heteroatoms. The summed E-state index contributed by atoms with van der Waals surface area (Å²) in [5.74, 6) is 1.88. The minimum atomic E-state index is 0.0716. The van der Waals surface area contributed by atoms with Crippen LogP contribution >= 0.6 is 11.3 Å². The Morgan fingerprint density at radius 1 is 1.34 bits per heavy atom. The summed E-state index contributed by atoms with van der Waals surface area (Å²) < 4.78 is 7.06. The van der Waals surface area contributed by atoms with Crippen molar-refractivity contribution in [3.8, 4) is 0 Å². The van der Waals surface area contributed by atoms with E-state index in [0.717, 1.165) is 41.6 Å². The van der Waals surface area contributed by atoms with Crippen molar-refractivity contribution in [1.29, 1.82) is 0 Å². The number of ether oxygens (including phenoxy) is 1. The number of allylic oxidation sites excluding steroid dienone is 4. The van der Waals surface area contributed by atoms with Crippen molar-refractivity contribution in [2.75, 3.05) is 20.2 Å². The maximum absolute atomic E-state index is 12.8. The molecule has 2 aromatic heterocycles. The van der Waals surface area contributed by atoms with Crippen LogP contribution in [0.3, 0.4) is 0 Å². The Morgan fingerprint density at radius 3 is 3.10 bits per heavy atom. The summed E-state index contributed by atoms with van der Waals surface area (Å²) in [6, 6.07) is 0. The molecule has 5 rings (SSSR count). The van der Waals surface area contributed by atoms with Gasteiger partial charge in [0, 0.05) is 55.0 Å². The van der Waals surface area contributed by atoms with Crippen LogP contribution < -0.4 is 0 Å². The summed E-state index contributed by atoms with van der Waals surface area (Å²) in [5, 5.41) is 3.20. The van der Waals surface area contributed by atoms with E-state index in [4.69, 9.17) is 4.74 Å². The first-order chi connectivity index (χ1) is 14.2. The average Bonchev–Trinajstić information content (AvgIpc) is 3.40. The summed E-state index contributed by atoms with van der Waals surface area (Å²) in [4.78, 5) is 28.3. The Balaban J connectivity index is 1.50. The van der Waals surface area contributed by atoms with Gasteiger partial charge in [-0.1, -0.05) is 12.2 Å².